The molecule has 6 nitrogen and oxygen atoms in total. The van der Waals surface area contributed by atoms with Crippen LogP contribution < -0.4 is 10.1 Å². The van der Waals surface area contributed by atoms with Crippen LogP contribution in [0.5, 0.6) is 5.75 Å². The number of thioether (sulfide) groups is 1. The van der Waals surface area contributed by atoms with E-state index in [4.69, 9.17) is 9.47 Å². The van der Waals surface area contributed by atoms with Gasteiger partial charge in [0.05, 0.1) is 23.1 Å². The first-order valence-electron chi connectivity index (χ1n) is 8.18. The summed E-state index contributed by atoms with van der Waals surface area (Å²) >= 11 is 2.83. The predicted molar refractivity (Wildman–Crippen MR) is 108 cm³/mol. The van der Waals surface area contributed by atoms with Gasteiger partial charge in [0.25, 0.3) is 5.91 Å². The van der Waals surface area contributed by atoms with Crippen molar-refractivity contribution < 1.29 is 19.1 Å². The summed E-state index contributed by atoms with van der Waals surface area (Å²) in [6, 6.07) is 14.7. The number of fused-ring (bicyclic) bond motifs is 1. The molecule has 1 heterocycles. The molecule has 0 fully saturated rings. The Bertz CT molecular complexity index is 907. The summed E-state index contributed by atoms with van der Waals surface area (Å²) in [6.45, 7) is 1.54. The number of methoxy groups -OCH3 is 1. The highest BCUT2D eigenvalue weighted by Gasteiger charge is 2.18. The summed E-state index contributed by atoms with van der Waals surface area (Å²) in [6.07, 6.45) is -0.893. The molecule has 1 N–H and O–H groups in total. The van der Waals surface area contributed by atoms with Crippen molar-refractivity contribution >= 4 is 50.9 Å². The number of benzene rings is 2. The second-order valence-corrected chi connectivity index (χ2v) is 7.84. The zero-order chi connectivity index (χ0) is 19.2. The van der Waals surface area contributed by atoms with Crippen molar-refractivity contribution in [3.8, 4) is 5.75 Å². The molecule has 0 aliphatic rings. The highest BCUT2D eigenvalue weighted by Crippen LogP contribution is 2.29. The number of amides is 1. The predicted octanol–water partition coefficient (Wildman–Crippen LogP) is 3.97. The van der Waals surface area contributed by atoms with Gasteiger partial charge in [-0.3, -0.25) is 9.59 Å². The van der Waals surface area contributed by atoms with E-state index >= 15 is 0 Å². The number of thiazole rings is 1. The third-order valence-corrected chi connectivity index (χ3v) is 5.78. The Balaban J connectivity index is 1.48. The number of aromatic nitrogens is 1. The van der Waals surface area contributed by atoms with Crippen LogP contribution in [0.4, 0.5) is 5.69 Å². The number of esters is 1. The fourth-order valence-electron chi connectivity index (χ4n) is 2.24. The lowest BCUT2D eigenvalue weighted by atomic mass is 10.3. The quantitative estimate of drug-likeness (QED) is 0.476. The highest BCUT2D eigenvalue weighted by atomic mass is 32.2. The second kappa shape index (κ2) is 8.88. The molecule has 1 atom stereocenters. The lowest BCUT2D eigenvalue weighted by Crippen LogP contribution is -2.30. The number of ether oxygens (including phenoxy) is 2. The Morgan fingerprint density at radius 1 is 1.19 bits per heavy atom. The number of anilines is 1. The Kier molecular flexibility index (Phi) is 6.31. The number of hydrogen-bond donors (Lipinski definition) is 1. The number of hydrogen-bond acceptors (Lipinski definition) is 7. The summed E-state index contributed by atoms with van der Waals surface area (Å²) in [7, 11) is 1.57. The fourth-order valence-corrected chi connectivity index (χ4v) is 4.09. The summed E-state index contributed by atoms with van der Waals surface area (Å²) < 4.78 is 12.1. The van der Waals surface area contributed by atoms with Gasteiger partial charge in [0.2, 0.25) is 0 Å². The zero-order valence-corrected chi connectivity index (χ0v) is 16.4. The highest BCUT2D eigenvalue weighted by molar-refractivity contribution is 8.01. The molecular formula is C19H18N2O4S2. The van der Waals surface area contributed by atoms with E-state index in [0.29, 0.717) is 11.4 Å². The van der Waals surface area contributed by atoms with Crippen LogP contribution in [0.2, 0.25) is 0 Å². The van der Waals surface area contributed by atoms with Crippen LogP contribution in [0.1, 0.15) is 6.92 Å². The molecule has 2 aromatic carbocycles. The molecular weight excluding hydrogens is 384 g/mol. The second-order valence-electron chi connectivity index (χ2n) is 5.59. The molecule has 0 aliphatic carbocycles. The molecule has 27 heavy (non-hydrogen) atoms. The molecule has 8 heteroatoms. The molecule has 1 unspecified atom stereocenters. The van der Waals surface area contributed by atoms with Crippen molar-refractivity contribution in [2.24, 2.45) is 0 Å². The lowest BCUT2D eigenvalue weighted by molar-refractivity contribution is -0.150. The average Bonchev–Trinajstić information content (AvgIpc) is 3.10. The van der Waals surface area contributed by atoms with E-state index in [-0.39, 0.29) is 5.75 Å². The SMILES string of the molecule is COc1ccc(NC(=O)C(C)OC(=O)CSc2nc3ccccc3s2)cc1. The number of carbonyl (C=O) groups excluding carboxylic acids is 2. The fraction of sp³-hybridized carbons (Fsp3) is 0.211. The molecule has 3 rings (SSSR count). The van der Waals surface area contributed by atoms with Crippen LogP contribution in [0.15, 0.2) is 52.9 Å². The number of nitrogens with zero attached hydrogens (tertiary/aromatic N) is 1. The van der Waals surface area contributed by atoms with E-state index in [1.54, 1.807) is 38.3 Å². The van der Waals surface area contributed by atoms with Crippen LogP contribution >= 0.6 is 23.1 Å². The van der Waals surface area contributed by atoms with Crippen LogP contribution in [0.25, 0.3) is 10.2 Å². The van der Waals surface area contributed by atoms with E-state index in [1.165, 1.54) is 23.1 Å². The van der Waals surface area contributed by atoms with Gasteiger partial charge >= 0.3 is 5.97 Å². The van der Waals surface area contributed by atoms with Gasteiger partial charge in [0.15, 0.2) is 10.4 Å². The van der Waals surface area contributed by atoms with Gasteiger partial charge in [0.1, 0.15) is 5.75 Å². The summed E-state index contributed by atoms with van der Waals surface area (Å²) in [5, 5.41) is 2.70. The average molecular weight is 402 g/mol. The first kappa shape index (κ1) is 19.2. The normalized spacial score (nSPS) is 11.8. The zero-order valence-electron chi connectivity index (χ0n) is 14.8. The van der Waals surface area contributed by atoms with Crippen molar-refractivity contribution in [1.29, 1.82) is 0 Å². The van der Waals surface area contributed by atoms with Gasteiger partial charge in [-0.1, -0.05) is 23.9 Å². The smallest absolute Gasteiger partial charge is 0.317 e. The van der Waals surface area contributed by atoms with Gasteiger partial charge < -0.3 is 14.8 Å². The molecule has 1 amide bonds. The largest absolute Gasteiger partial charge is 0.497 e. The van der Waals surface area contributed by atoms with Crippen molar-refractivity contribution in [2.45, 2.75) is 17.4 Å². The Labute approximate surface area is 164 Å². The van der Waals surface area contributed by atoms with Gasteiger partial charge in [0, 0.05) is 5.69 Å². The molecule has 0 radical (unpaired) electrons. The van der Waals surface area contributed by atoms with Crippen molar-refractivity contribution in [3.05, 3.63) is 48.5 Å². The maximum Gasteiger partial charge on any atom is 0.317 e. The monoisotopic (exact) mass is 402 g/mol. The Morgan fingerprint density at radius 3 is 2.63 bits per heavy atom. The molecule has 0 saturated carbocycles. The lowest BCUT2D eigenvalue weighted by Gasteiger charge is -2.13. The number of rotatable bonds is 7. The Hall–Kier alpha value is -2.58. The van der Waals surface area contributed by atoms with E-state index in [1.807, 2.05) is 24.3 Å². The van der Waals surface area contributed by atoms with E-state index in [9.17, 15) is 9.59 Å². The van der Waals surface area contributed by atoms with Gasteiger partial charge in [-0.15, -0.1) is 11.3 Å². The van der Waals surface area contributed by atoms with Crippen LogP contribution in [-0.4, -0.2) is 35.8 Å². The summed E-state index contributed by atoms with van der Waals surface area (Å²) in [5.74, 6) is -0.0607. The van der Waals surface area contributed by atoms with Crippen LogP contribution in [-0.2, 0) is 14.3 Å². The van der Waals surface area contributed by atoms with Gasteiger partial charge in [-0.2, -0.15) is 0 Å². The standard InChI is InChI=1S/C19H18N2O4S2/c1-12(18(23)20-13-7-9-14(24-2)10-8-13)25-17(22)11-26-19-21-15-5-3-4-6-16(15)27-19/h3-10,12H,11H2,1-2H3,(H,20,23). The molecule has 3 aromatic rings. The molecule has 0 bridgehead atoms. The molecule has 0 aliphatic heterocycles. The first-order valence-corrected chi connectivity index (χ1v) is 9.98. The minimum atomic E-state index is -0.893. The molecule has 1 aromatic heterocycles. The van der Waals surface area contributed by atoms with E-state index in [0.717, 1.165) is 14.6 Å². The molecule has 0 saturated heterocycles. The third kappa shape index (κ3) is 5.21. The van der Waals surface area contributed by atoms with Crippen molar-refractivity contribution in [3.63, 3.8) is 0 Å². The third-order valence-electron chi connectivity index (χ3n) is 3.62. The minimum absolute atomic E-state index is 0.0972. The minimum Gasteiger partial charge on any atom is -0.497 e. The number of carbonyl (C=O) groups is 2. The van der Waals surface area contributed by atoms with Gasteiger partial charge in [-0.05, 0) is 43.3 Å². The summed E-state index contributed by atoms with van der Waals surface area (Å²) in [5.41, 5.74) is 1.51. The van der Waals surface area contributed by atoms with Crippen molar-refractivity contribution in [2.75, 3.05) is 18.2 Å². The molecule has 140 valence electrons. The maximum absolute atomic E-state index is 12.2. The van der Waals surface area contributed by atoms with Gasteiger partial charge in [-0.25, -0.2) is 4.98 Å². The number of nitrogens with one attached hydrogen (secondary N) is 1. The number of para-hydroxylation sites is 1. The van der Waals surface area contributed by atoms with Crippen molar-refractivity contribution in [1.82, 2.24) is 4.98 Å². The first-order chi connectivity index (χ1) is 13.0. The van der Waals surface area contributed by atoms with Crippen LogP contribution in [0.3, 0.4) is 0 Å². The Morgan fingerprint density at radius 2 is 1.93 bits per heavy atom. The topological polar surface area (TPSA) is 77.5 Å². The maximum atomic E-state index is 12.2. The van der Waals surface area contributed by atoms with Crippen LogP contribution in [0, 0.1) is 0 Å². The molecule has 0 spiro atoms. The summed E-state index contributed by atoms with van der Waals surface area (Å²) in [4.78, 5) is 28.6. The van der Waals surface area contributed by atoms with E-state index < -0.39 is 18.0 Å². The van der Waals surface area contributed by atoms with E-state index in [2.05, 4.69) is 10.3 Å².